The van der Waals surface area contributed by atoms with E-state index in [1.165, 1.54) is 6.42 Å². The second-order valence-electron chi connectivity index (χ2n) is 4.17. The van der Waals surface area contributed by atoms with Crippen LogP contribution in [0.25, 0.3) is 0 Å². The number of hydrogen-bond donors (Lipinski definition) is 1. The van der Waals surface area contributed by atoms with Gasteiger partial charge in [-0.2, -0.15) is 0 Å². The third kappa shape index (κ3) is 8.85. The largest absolute Gasteiger partial charge is 0.385 e. The van der Waals surface area contributed by atoms with E-state index in [-0.39, 0.29) is 0 Å². The van der Waals surface area contributed by atoms with Crippen molar-refractivity contribution in [3.8, 4) is 0 Å². The molecule has 0 spiro atoms. The minimum absolute atomic E-state index is 0.618. The van der Waals surface area contributed by atoms with Gasteiger partial charge in [0, 0.05) is 32.9 Å². The molecule has 15 heavy (non-hydrogen) atoms. The van der Waals surface area contributed by atoms with Crippen LogP contribution in [0.1, 0.15) is 33.6 Å². The average molecular weight is 217 g/mol. The van der Waals surface area contributed by atoms with Crippen molar-refractivity contribution in [1.29, 1.82) is 0 Å². The van der Waals surface area contributed by atoms with E-state index in [1.54, 1.807) is 7.11 Å². The molecule has 3 heteroatoms. The third-order valence-electron chi connectivity index (χ3n) is 2.53. The highest BCUT2D eigenvalue weighted by Crippen LogP contribution is 2.04. The molecular weight excluding hydrogens is 190 g/mol. The normalized spacial score (nSPS) is 13.4. The molecule has 3 nitrogen and oxygen atoms in total. The van der Waals surface area contributed by atoms with Crippen LogP contribution in [0.2, 0.25) is 0 Å². The van der Waals surface area contributed by atoms with E-state index in [9.17, 15) is 0 Å². The van der Waals surface area contributed by atoms with Gasteiger partial charge < -0.3 is 14.8 Å². The Morgan fingerprint density at radius 1 is 1.13 bits per heavy atom. The molecule has 0 bridgehead atoms. The first-order valence-electron chi connectivity index (χ1n) is 6.02. The van der Waals surface area contributed by atoms with E-state index in [0.717, 1.165) is 32.8 Å². The second kappa shape index (κ2) is 10.4. The van der Waals surface area contributed by atoms with Gasteiger partial charge in [-0.15, -0.1) is 0 Å². The summed E-state index contributed by atoms with van der Waals surface area (Å²) in [6.45, 7) is 10.1. The van der Waals surface area contributed by atoms with Crippen LogP contribution in [0.5, 0.6) is 0 Å². The van der Waals surface area contributed by atoms with Gasteiger partial charge in [0.2, 0.25) is 0 Å². The Morgan fingerprint density at radius 2 is 1.87 bits per heavy atom. The van der Waals surface area contributed by atoms with Crippen molar-refractivity contribution in [3.05, 3.63) is 0 Å². The fraction of sp³-hybridized carbons (Fsp3) is 1.00. The fourth-order valence-electron chi connectivity index (χ4n) is 1.58. The van der Waals surface area contributed by atoms with E-state index in [2.05, 4.69) is 26.1 Å². The lowest BCUT2D eigenvalue weighted by atomic mass is 10.0. The number of methoxy groups -OCH3 is 1. The number of hydrogen-bond acceptors (Lipinski definition) is 3. The maximum absolute atomic E-state index is 5.47. The lowest BCUT2D eigenvalue weighted by Crippen LogP contribution is -2.35. The summed E-state index contributed by atoms with van der Waals surface area (Å²) < 4.78 is 10.4. The Kier molecular flexibility index (Phi) is 10.3. The first-order valence-corrected chi connectivity index (χ1v) is 6.02. The van der Waals surface area contributed by atoms with Gasteiger partial charge in [-0.3, -0.25) is 0 Å². The summed E-state index contributed by atoms with van der Waals surface area (Å²) in [5.74, 6) is 0.698. The summed E-state index contributed by atoms with van der Waals surface area (Å²) in [7, 11) is 1.72. The van der Waals surface area contributed by atoms with Crippen LogP contribution in [-0.2, 0) is 9.47 Å². The lowest BCUT2D eigenvalue weighted by Gasteiger charge is -2.20. The Labute approximate surface area is 94.5 Å². The summed E-state index contributed by atoms with van der Waals surface area (Å²) in [4.78, 5) is 0. The standard InChI is InChI=1S/C12H27NO2/c1-5-12(11(2)3)13-7-10-15-9-6-8-14-4/h11-13H,5-10H2,1-4H3. The number of nitrogens with one attached hydrogen (secondary N) is 1. The quantitative estimate of drug-likeness (QED) is 0.568. The number of rotatable bonds is 10. The zero-order valence-electron chi connectivity index (χ0n) is 10.7. The minimum atomic E-state index is 0.618. The minimum Gasteiger partial charge on any atom is -0.385 e. The van der Waals surface area contributed by atoms with Crippen LogP contribution < -0.4 is 5.32 Å². The van der Waals surface area contributed by atoms with Crippen LogP contribution >= 0.6 is 0 Å². The molecule has 0 amide bonds. The molecule has 0 aliphatic carbocycles. The van der Waals surface area contributed by atoms with Crippen LogP contribution in [0, 0.1) is 5.92 Å². The Balaban J connectivity index is 3.22. The van der Waals surface area contributed by atoms with Crippen LogP contribution in [0.4, 0.5) is 0 Å². The van der Waals surface area contributed by atoms with E-state index < -0.39 is 0 Å². The fourth-order valence-corrected chi connectivity index (χ4v) is 1.58. The predicted molar refractivity (Wildman–Crippen MR) is 64.2 cm³/mol. The summed E-state index contributed by atoms with van der Waals surface area (Å²) in [6, 6.07) is 0.618. The molecule has 0 aliphatic heterocycles. The summed E-state index contributed by atoms with van der Waals surface area (Å²) in [5, 5.41) is 3.50. The molecule has 0 rings (SSSR count). The Morgan fingerprint density at radius 3 is 2.40 bits per heavy atom. The van der Waals surface area contributed by atoms with Crippen LogP contribution in [0.15, 0.2) is 0 Å². The molecule has 0 aromatic rings. The molecule has 1 atom stereocenters. The zero-order chi connectivity index (χ0) is 11.5. The molecule has 0 saturated heterocycles. The van der Waals surface area contributed by atoms with Gasteiger partial charge in [-0.25, -0.2) is 0 Å². The van der Waals surface area contributed by atoms with E-state index >= 15 is 0 Å². The molecule has 0 aromatic carbocycles. The van der Waals surface area contributed by atoms with Crippen molar-refractivity contribution in [1.82, 2.24) is 5.32 Å². The van der Waals surface area contributed by atoms with E-state index in [4.69, 9.17) is 9.47 Å². The highest BCUT2D eigenvalue weighted by Gasteiger charge is 2.08. The van der Waals surface area contributed by atoms with Crippen molar-refractivity contribution >= 4 is 0 Å². The molecule has 92 valence electrons. The lowest BCUT2D eigenvalue weighted by molar-refractivity contribution is 0.102. The third-order valence-corrected chi connectivity index (χ3v) is 2.53. The molecule has 1 unspecified atom stereocenters. The van der Waals surface area contributed by atoms with Gasteiger partial charge >= 0.3 is 0 Å². The SMILES string of the molecule is CCC(NCCOCCCOC)C(C)C. The van der Waals surface area contributed by atoms with Gasteiger partial charge in [0.25, 0.3) is 0 Å². The average Bonchev–Trinajstić information content (AvgIpc) is 2.21. The van der Waals surface area contributed by atoms with Gasteiger partial charge in [0.05, 0.1) is 6.61 Å². The maximum Gasteiger partial charge on any atom is 0.0591 e. The molecular formula is C12H27NO2. The van der Waals surface area contributed by atoms with Crippen molar-refractivity contribution in [2.24, 2.45) is 5.92 Å². The molecule has 1 N–H and O–H groups in total. The Bertz CT molecular complexity index is 129. The summed E-state index contributed by atoms with van der Waals surface area (Å²) in [5.41, 5.74) is 0. The van der Waals surface area contributed by atoms with Crippen LogP contribution in [-0.4, -0.2) is 39.5 Å². The summed E-state index contributed by atoms with van der Waals surface area (Å²) in [6.07, 6.45) is 2.17. The predicted octanol–water partition coefficient (Wildman–Crippen LogP) is 2.06. The monoisotopic (exact) mass is 217 g/mol. The molecule has 0 aromatic heterocycles. The smallest absolute Gasteiger partial charge is 0.0591 e. The highest BCUT2D eigenvalue weighted by molar-refractivity contribution is 4.67. The van der Waals surface area contributed by atoms with Crippen LogP contribution in [0.3, 0.4) is 0 Å². The molecule has 0 aliphatic rings. The van der Waals surface area contributed by atoms with Crippen molar-refractivity contribution in [3.63, 3.8) is 0 Å². The molecule has 0 heterocycles. The number of ether oxygens (including phenoxy) is 2. The molecule has 0 saturated carbocycles. The van der Waals surface area contributed by atoms with E-state index in [0.29, 0.717) is 12.0 Å². The van der Waals surface area contributed by atoms with Gasteiger partial charge in [-0.05, 0) is 18.8 Å². The summed E-state index contributed by atoms with van der Waals surface area (Å²) >= 11 is 0. The second-order valence-corrected chi connectivity index (χ2v) is 4.17. The zero-order valence-corrected chi connectivity index (χ0v) is 10.7. The van der Waals surface area contributed by atoms with E-state index in [1.807, 2.05) is 0 Å². The van der Waals surface area contributed by atoms with Crippen molar-refractivity contribution < 1.29 is 9.47 Å². The van der Waals surface area contributed by atoms with Crippen molar-refractivity contribution in [2.75, 3.05) is 33.5 Å². The van der Waals surface area contributed by atoms with Gasteiger partial charge in [0.1, 0.15) is 0 Å². The first-order chi connectivity index (χ1) is 7.22. The topological polar surface area (TPSA) is 30.5 Å². The maximum atomic E-state index is 5.47. The Hall–Kier alpha value is -0.120. The highest BCUT2D eigenvalue weighted by atomic mass is 16.5. The van der Waals surface area contributed by atoms with Gasteiger partial charge in [0.15, 0.2) is 0 Å². The molecule has 0 fully saturated rings. The molecule has 0 radical (unpaired) electrons. The van der Waals surface area contributed by atoms with Gasteiger partial charge in [-0.1, -0.05) is 20.8 Å². The van der Waals surface area contributed by atoms with Crippen molar-refractivity contribution in [2.45, 2.75) is 39.7 Å². The first kappa shape index (κ1) is 14.9.